The number of likely N-dealkylation sites (N-methyl/N-ethyl adjacent to an activating group) is 1. The molecule has 1 amide bonds. The summed E-state index contributed by atoms with van der Waals surface area (Å²) in [6.07, 6.45) is 1.74. The predicted octanol–water partition coefficient (Wildman–Crippen LogP) is 4.94. The Labute approximate surface area is 136 Å². The van der Waals surface area contributed by atoms with Crippen LogP contribution in [0.25, 0.3) is 17.4 Å². The highest BCUT2D eigenvalue weighted by Crippen LogP contribution is 2.34. The third-order valence-electron chi connectivity index (χ3n) is 3.20. The van der Waals surface area contributed by atoms with Crippen LogP contribution in [0, 0.1) is 5.82 Å². The van der Waals surface area contributed by atoms with E-state index in [1.807, 2.05) is 6.92 Å². The molecule has 1 saturated heterocycles. The molecule has 3 nitrogen and oxygen atoms in total. The van der Waals surface area contributed by atoms with Crippen LogP contribution in [0.3, 0.4) is 0 Å². The molecule has 0 radical (unpaired) electrons. The number of carbonyl (C=O) groups excluding carboxylic acids is 1. The molecule has 1 aliphatic heterocycles. The molecule has 0 unspecified atom stereocenters. The van der Waals surface area contributed by atoms with Gasteiger partial charge in [-0.2, -0.15) is 0 Å². The highest BCUT2D eigenvalue weighted by Gasteiger charge is 2.30. The molecule has 0 saturated carbocycles. The number of hydrogen-bond donors (Lipinski definition) is 0. The van der Waals surface area contributed by atoms with Crippen LogP contribution in [-0.4, -0.2) is 21.7 Å². The zero-order valence-corrected chi connectivity index (χ0v) is 13.3. The van der Waals surface area contributed by atoms with E-state index in [1.54, 1.807) is 35.2 Å². The van der Waals surface area contributed by atoms with Crippen LogP contribution >= 0.6 is 24.0 Å². The zero-order valence-electron chi connectivity index (χ0n) is 11.7. The van der Waals surface area contributed by atoms with Crippen molar-refractivity contribution in [2.75, 3.05) is 6.54 Å². The first-order valence-electron chi connectivity index (χ1n) is 6.69. The van der Waals surface area contributed by atoms with E-state index in [1.165, 1.54) is 12.1 Å². The molecule has 6 heteroatoms. The van der Waals surface area contributed by atoms with Crippen molar-refractivity contribution in [1.82, 2.24) is 4.90 Å². The summed E-state index contributed by atoms with van der Waals surface area (Å²) in [7, 11) is 0. The van der Waals surface area contributed by atoms with Gasteiger partial charge in [0.2, 0.25) is 0 Å². The minimum atomic E-state index is -0.314. The number of hydrogen-bond acceptors (Lipinski definition) is 4. The first-order chi connectivity index (χ1) is 10.6. The normalized spacial score (nSPS) is 16.8. The molecular formula is C16H12FNO2S2. The fourth-order valence-corrected chi connectivity index (χ4v) is 3.47. The van der Waals surface area contributed by atoms with Crippen LogP contribution in [0.1, 0.15) is 12.7 Å². The average molecular weight is 333 g/mol. The van der Waals surface area contributed by atoms with E-state index in [0.29, 0.717) is 33.5 Å². The van der Waals surface area contributed by atoms with Crippen molar-refractivity contribution < 1.29 is 13.6 Å². The average Bonchev–Trinajstić information content (AvgIpc) is 3.05. The summed E-state index contributed by atoms with van der Waals surface area (Å²) >= 11 is 6.37. The summed E-state index contributed by atoms with van der Waals surface area (Å²) in [5.41, 5.74) is 0.664. The highest BCUT2D eigenvalue weighted by atomic mass is 32.2. The Balaban J connectivity index is 1.88. The van der Waals surface area contributed by atoms with Gasteiger partial charge in [-0.25, -0.2) is 4.39 Å². The largest absolute Gasteiger partial charge is 0.457 e. The van der Waals surface area contributed by atoms with Gasteiger partial charge in [0.25, 0.3) is 5.24 Å². The summed E-state index contributed by atoms with van der Waals surface area (Å²) in [5, 5.41) is -0.0735. The maximum atomic E-state index is 13.2. The Morgan fingerprint density at radius 3 is 2.86 bits per heavy atom. The molecule has 0 N–H and O–H groups in total. The van der Waals surface area contributed by atoms with Crippen molar-refractivity contribution >= 4 is 40.3 Å². The molecule has 1 fully saturated rings. The number of rotatable bonds is 3. The Morgan fingerprint density at radius 2 is 2.18 bits per heavy atom. The van der Waals surface area contributed by atoms with E-state index in [9.17, 15) is 9.18 Å². The van der Waals surface area contributed by atoms with Gasteiger partial charge in [0.15, 0.2) is 0 Å². The van der Waals surface area contributed by atoms with Gasteiger partial charge in [-0.3, -0.25) is 9.69 Å². The van der Waals surface area contributed by atoms with E-state index in [0.717, 1.165) is 11.8 Å². The molecule has 0 bridgehead atoms. The SMILES string of the molecule is CCN1C(=O)SC(=Cc2ccc(-c3cccc(F)c3)o2)C1=S. The Bertz CT molecular complexity index is 782. The topological polar surface area (TPSA) is 33.5 Å². The number of halogens is 1. The number of nitrogens with zero attached hydrogens (tertiary/aromatic N) is 1. The van der Waals surface area contributed by atoms with Gasteiger partial charge in [0.05, 0.1) is 4.91 Å². The molecule has 112 valence electrons. The molecule has 1 aliphatic rings. The minimum Gasteiger partial charge on any atom is -0.457 e. The molecule has 1 aromatic carbocycles. The molecule has 0 atom stereocenters. The fraction of sp³-hybridized carbons (Fsp3) is 0.125. The van der Waals surface area contributed by atoms with E-state index in [2.05, 4.69) is 0 Å². The Kier molecular flexibility index (Phi) is 4.13. The molecule has 3 rings (SSSR count). The summed E-state index contributed by atoms with van der Waals surface area (Å²) in [5.74, 6) is 0.833. The third-order valence-corrected chi connectivity index (χ3v) is 4.69. The van der Waals surface area contributed by atoms with Gasteiger partial charge in [0.1, 0.15) is 22.3 Å². The van der Waals surface area contributed by atoms with Gasteiger partial charge in [-0.15, -0.1) is 0 Å². The summed E-state index contributed by atoms with van der Waals surface area (Å²) < 4.78 is 18.9. The van der Waals surface area contributed by atoms with Gasteiger partial charge in [-0.1, -0.05) is 24.4 Å². The third kappa shape index (κ3) is 2.84. The molecule has 0 aliphatic carbocycles. The molecule has 2 aromatic rings. The first kappa shape index (κ1) is 15.0. The molecule has 2 heterocycles. The highest BCUT2D eigenvalue weighted by molar-refractivity contribution is 8.19. The number of benzene rings is 1. The second-order valence-corrected chi connectivity index (χ2v) is 6.02. The second kappa shape index (κ2) is 6.06. The van der Waals surface area contributed by atoms with Crippen molar-refractivity contribution in [1.29, 1.82) is 0 Å². The monoisotopic (exact) mass is 333 g/mol. The van der Waals surface area contributed by atoms with Crippen LogP contribution in [-0.2, 0) is 0 Å². The smallest absolute Gasteiger partial charge is 0.291 e. The van der Waals surface area contributed by atoms with E-state index >= 15 is 0 Å². The lowest BCUT2D eigenvalue weighted by molar-refractivity contribution is 0.247. The second-order valence-electron chi connectivity index (χ2n) is 4.64. The maximum Gasteiger partial charge on any atom is 0.291 e. The number of carbonyl (C=O) groups is 1. The molecule has 1 aromatic heterocycles. The van der Waals surface area contributed by atoms with Gasteiger partial charge < -0.3 is 4.42 Å². The lowest BCUT2D eigenvalue weighted by atomic mass is 10.2. The summed E-state index contributed by atoms with van der Waals surface area (Å²) in [6, 6.07) is 9.74. The van der Waals surface area contributed by atoms with E-state index < -0.39 is 0 Å². The zero-order chi connectivity index (χ0) is 15.7. The number of thioether (sulfide) groups is 1. The van der Waals surface area contributed by atoms with Crippen molar-refractivity contribution in [3.63, 3.8) is 0 Å². The van der Waals surface area contributed by atoms with Gasteiger partial charge in [0, 0.05) is 12.1 Å². The van der Waals surface area contributed by atoms with Crippen LogP contribution in [0.5, 0.6) is 0 Å². The Morgan fingerprint density at radius 1 is 1.36 bits per heavy atom. The van der Waals surface area contributed by atoms with Crippen molar-refractivity contribution in [3.8, 4) is 11.3 Å². The molecular weight excluding hydrogens is 321 g/mol. The van der Waals surface area contributed by atoms with Crippen LogP contribution < -0.4 is 0 Å². The maximum absolute atomic E-state index is 13.2. The van der Waals surface area contributed by atoms with Crippen LogP contribution in [0.2, 0.25) is 0 Å². The van der Waals surface area contributed by atoms with Gasteiger partial charge >= 0.3 is 0 Å². The first-order valence-corrected chi connectivity index (χ1v) is 7.92. The number of amides is 1. The number of thiocarbonyl (C=S) groups is 1. The van der Waals surface area contributed by atoms with Crippen molar-refractivity contribution in [3.05, 3.63) is 52.9 Å². The lowest BCUT2D eigenvalue weighted by Crippen LogP contribution is -2.26. The quantitative estimate of drug-likeness (QED) is 0.588. The lowest BCUT2D eigenvalue weighted by Gasteiger charge is -2.09. The summed E-state index contributed by atoms with van der Waals surface area (Å²) in [6.45, 7) is 2.43. The molecule has 22 heavy (non-hydrogen) atoms. The van der Waals surface area contributed by atoms with Crippen LogP contribution in [0.4, 0.5) is 9.18 Å². The van der Waals surface area contributed by atoms with Crippen LogP contribution in [0.15, 0.2) is 45.7 Å². The molecule has 0 spiro atoms. The van der Waals surface area contributed by atoms with Gasteiger partial charge in [-0.05, 0) is 49.0 Å². The number of furan rings is 1. The van der Waals surface area contributed by atoms with Crippen molar-refractivity contribution in [2.45, 2.75) is 6.92 Å². The summed E-state index contributed by atoms with van der Waals surface area (Å²) in [4.78, 5) is 14.5. The standard InChI is InChI=1S/C16H12FNO2S2/c1-2-18-15(21)14(22-16(18)19)9-12-6-7-13(20-12)10-4-3-5-11(17)8-10/h3-9H,2H2,1H3. The Hall–Kier alpha value is -1.92. The van der Waals surface area contributed by atoms with E-state index in [4.69, 9.17) is 16.6 Å². The van der Waals surface area contributed by atoms with E-state index in [-0.39, 0.29) is 11.1 Å². The fourth-order valence-electron chi connectivity index (χ4n) is 2.13. The predicted molar refractivity (Wildman–Crippen MR) is 90.0 cm³/mol. The minimum absolute atomic E-state index is 0.0735. The van der Waals surface area contributed by atoms with Crippen molar-refractivity contribution in [2.24, 2.45) is 0 Å².